The van der Waals surface area contributed by atoms with Gasteiger partial charge >= 0.3 is 0 Å². The number of aromatic nitrogens is 1. The van der Waals surface area contributed by atoms with Gasteiger partial charge in [0.15, 0.2) is 5.13 Å². The van der Waals surface area contributed by atoms with Crippen molar-refractivity contribution >= 4 is 45.5 Å². The van der Waals surface area contributed by atoms with Gasteiger partial charge in [-0.2, -0.15) is 11.3 Å². The number of aryl methyl sites for hydroxylation is 1. The minimum atomic E-state index is 0.113. The van der Waals surface area contributed by atoms with Crippen LogP contribution < -0.4 is 5.73 Å². The lowest BCUT2D eigenvalue weighted by Crippen LogP contribution is -2.27. The number of thiazole rings is 1. The van der Waals surface area contributed by atoms with Gasteiger partial charge in [0, 0.05) is 13.6 Å². The molecule has 7 heteroatoms. The maximum Gasteiger partial charge on any atom is 0.233 e. The Kier molecular flexibility index (Phi) is 4.84. The molecule has 0 bridgehead atoms. The van der Waals surface area contributed by atoms with Crippen LogP contribution in [0.2, 0.25) is 0 Å². The number of rotatable bonds is 5. The van der Waals surface area contributed by atoms with E-state index in [0.29, 0.717) is 17.4 Å². The maximum atomic E-state index is 12.0. The number of nitrogens with zero attached hydrogens (tertiary/aromatic N) is 2. The first-order chi connectivity index (χ1) is 9.06. The molecule has 0 aliphatic heterocycles. The summed E-state index contributed by atoms with van der Waals surface area (Å²) >= 11 is 4.58. The van der Waals surface area contributed by atoms with Gasteiger partial charge in [-0.1, -0.05) is 11.3 Å². The Labute approximate surface area is 124 Å². The first-order valence-electron chi connectivity index (χ1n) is 5.67. The van der Waals surface area contributed by atoms with E-state index in [4.69, 9.17) is 5.73 Å². The Morgan fingerprint density at radius 1 is 1.58 bits per heavy atom. The van der Waals surface area contributed by atoms with Gasteiger partial charge in [-0.15, -0.1) is 11.8 Å². The SMILES string of the molecule is Cc1nc(N)sc1SCC(=O)N(C)Cc1ccsc1. The summed E-state index contributed by atoms with van der Waals surface area (Å²) in [4.78, 5) is 17.9. The van der Waals surface area contributed by atoms with Crippen LogP contribution in [0.5, 0.6) is 0 Å². The van der Waals surface area contributed by atoms with E-state index in [2.05, 4.69) is 10.4 Å². The Hall–Kier alpha value is -1.05. The lowest BCUT2D eigenvalue weighted by molar-refractivity contribution is -0.127. The zero-order chi connectivity index (χ0) is 13.8. The molecule has 0 saturated heterocycles. The van der Waals surface area contributed by atoms with Crippen molar-refractivity contribution in [1.29, 1.82) is 0 Å². The van der Waals surface area contributed by atoms with Crippen LogP contribution >= 0.6 is 34.4 Å². The molecule has 0 atom stereocenters. The number of carbonyl (C=O) groups is 1. The van der Waals surface area contributed by atoms with Crippen LogP contribution in [0.1, 0.15) is 11.3 Å². The summed E-state index contributed by atoms with van der Waals surface area (Å²) < 4.78 is 1.02. The molecule has 2 heterocycles. The van der Waals surface area contributed by atoms with Crippen LogP contribution in [-0.4, -0.2) is 28.6 Å². The van der Waals surface area contributed by atoms with E-state index >= 15 is 0 Å². The van der Waals surface area contributed by atoms with E-state index in [0.717, 1.165) is 9.90 Å². The zero-order valence-corrected chi connectivity index (χ0v) is 13.2. The first kappa shape index (κ1) is 14.4. The predicted octanol–water partition coefficient (Wildman–Crippen LogP) is 2.85. The Morgan fingerprint density at radius 3 is 2.95 bits per heavy atom. The molecule has 19 heavy (non-hydrogen) atoms. The number of hydrogen-bond acceptors (Lipinski definition) is 6. The van der Waals surface area contributed by atoms with Crippen LogP contribution in [0.15, 0.2) is 21.0 Å². The van der Waals surface area contributed by atoms with Crippen LogP contribution in [0.4, 0.5) is 5.13 Å². The lowest BCUT2D eigenvalue weighted by atomic mass is 10.3. The molecule has 2 rings (SSSR count). The van der Waals surface area contributed by atoms with Crippen molar-refractivity contribution in [3.63, 3.8) is 0 Å². The lowest BCUT2D eigenvalue weighted by Gasteiger charge is -2.15. The van der Waals surface area contributed by atoms with Crippen molar-refractivity contribution in [2.24, 2.45) is 0 Å². The molecule has 0 fully saturated rings. The maximum absolute atomic E-state index is 12.0. The molecule has 4 nitrogen and oxygen atoms in total. The number of nitrogens with two attached hydrogens (primary N) is 1. The topological polar surface area (TPSA) is 59.2 Å². The average molecular weight is 313 g/mol. The van der Waals surface area contributed by atoms with Crippen molar-refractivity contribution in [3.05, 3.63) is 28.1 Å². The highest BCUT2D eigenvalue weighted by Gasteiger charge is 2.13. The molecule has 2 aromatic rings. The third-order valence-corrected chi connectivity index (χ3v) is 5.59. The van der Waals surface area contributed by atoms with Crippen LogP contribution in [0.3, 0.4) is 0 Å². The third-order valence-electron chi connectivity index (χ3n) is 2.52. The van der Waals surface area contributed by atoms with Gasteiger partial charge in [0.2, 0.25) is 5.91 Å². The number of amides is 1. The fourth-order valence-corrected chi connectivity index (χ4v) is 4.14. The molecule has 0 aromatic carbocycles. The number of hydrogen-bond donors (Lipinski definition) is 1. The van der Waals surface area contributed by atoms with Crippen LogP contribution in [-0.2, 0) is 11.3 Å². The minimum absolute atomic E-state index is 0.113. The highest BCUT2D eigenvalue weighted by atomic mass is 32.2. The third kappa shape index (κ3) is 3.95. The Bertz CT molecular complexity index is 551. The fraction of sp³-hybridized carbons (Fsp3) is 0.333. The fourth-order valence-electron chi connectivity index (χ4n) is 1.52. The van der Waals surface area contributed by atoms with E-state index in [1.165, 1.54) is 28.7 Å². The standard InChI is InChI=1S/C12H15N3OS3/c1-8-11(19-12(13)14-8)18-7-10(16)15(2)5-9-3-4-17-6-9/h3-4,6H,5,7H2,1-2H3,(H2,13,14). The smallest absolute Gasteiger partial charge is 0.233 e. The number of carbonyl (C=O) groups excluding carboxylic acids is 1. The van der Waals surface area contributed by atoms with Crippen molar-refractivity contribution < 1.29 is 4.79 Å². The predicted molar refractivity (Wildman–Crippen MR) is 82.8 cm³/mol. The molecule has 0 saturated carbocycles. The molecule has 2 aromatic heterocycles. The van der Waals surface area contributed by atoms with Crippen molar-refractivity contribution in [2.45, 2.75) is 17.7 Å². The average Bonchev–Trinajstić information content (AvgIpc) is 2.96. The minimum Gasteiger partial charge on any atom is -0.375 e. The molecular formula is C12H15N3OS3. The van der Waals surface area contributed by atoms with Gasteiger partial charge in [0.25, 0.3) is 0 Å². The summed E-state index contributed by atoms with van der Waals surface area (Å²) in [5.41, 5.74) is 7.71. The molecule has 0 unspecified atom stereocenters. The van der Waals surface area contributed by atoms with Crippen LogP contribution in [0.25, 0.3) is 0 Å². The number of thioether (sulfide) groups is 1. The molecule has 0 spiro atoms. The van der Waals surface area contributed by atoms with E-state index in [1.807, 2.05) is 25.4 Å². The number of thiophene rings is 1. The summed E-state index contributed by atoms with van der Waals surface area (Å²) in [6, 6.07) is 2.04. The second-order valence-electron chi connectivity index (χ2n) is 4.10. The summed E-state index contributed by atoms with van der Waals surface area (Å²) in [5.74, 6) is 0.533. The van der Waals surface area contributed by atoms with Crippen LogP contribution in [0, 0.1) is 6.92 Å². The Morgan fingerprint density at radius 2 is 2.37 bits per heavy atom. The van der Waals surface area contributed by atoms with Gasteiger partial charge in [0.1, 0.15) is 0 Å². The first-order valence-corrected chi connectivity index (χ1v) is 8.41. The van der Waals surface area contributed by atoms with Gasteiger partial charge in [-0.05, 0) is 29.3 Å². The van der Waals surface area contributed by atoms with Gasteiger partial charge in [-0.3, -0.25) is 4.79 Å². The number of anilines is 1. The summed E-state index contributed by atoms with van der Waals surface area (Å²) in [6.45, 7) is 2.57. The van der Waals surface area contributed by atoms with Gasteiger partial charge < -0.3 is 10.6 Å². The van der Waals surface area contributed by atoms with E-state index in [9.17, 15) is 4.79 Å². The van der Waals surface area contributed by atoms with Crippen molar-refractivity contribution in [3.8, 4) is 0 Å². The van der Waals surface area contributed by atoms with Crippen molar-refractivity contribution in [1.82, 2.24) is 9.88 Å². The summed E-state index contributed by atoms with van der Waals surface area (Å²) in [5, 5.41) is 4.63. The second kappa shape index (κ2) is 6.40. The van der Waals surface area contributed by atoms with Gasteiger partial charge in [0.05, 0.1) is 15.7 Å². The molecule has 102 valence electrons. The normalized spacial score (nSPS) is 10.6. The van der Waals surface area contributed by atoms with Gasteiger partial charge in [-0.25, -0.2) is 4.98 Å². The molecule has 1 amide bonds. The summed E-state index contributed by atoms with van der Waals surface area (Å²) in [7, 11) is 1.83. The molecular weight excluding hydrogens is 298 g/mol. The molecule has 0 aliphatic rings. The Balaban J connectivity index is 1.85. The zero-order valence-electron chi connectivity index (χ0n) is 10.8. The van der Waals surface area contributed by atoms with E-state index in [1.54, 1.807) is 16.2 Å². The van der Waals surface area contributed by atoms with E-state index in [-0.39, 0.29) is 5.91 Å². The highest BCUT2D eigenvalue weighted by Crippen LogP contribution is 2.30. The molecule has 2 N–H and O–H groups in total. The monoisotopic (exact) mass is 313 g/mol. The van der Waals surface area contributed by atoms with Crippen molar-refractivity contribution in [2.75, 3.05) is 18.5 Å². The second-order valence-corrected chi connectivity index (χ2v) is 7.15. The summed E-state index contributed by atoms with van der Waals surface area (Å²) in [6.07, 6.45) is 0. The largest absolute Gasteiger partial charge is 0.375 e. The quantitative estimate of drug-likeness (QED) is 0.862. The molecule has 0 aliphatic carbocycles. The highest BCUT2D eigenvalue weighted by molar-refractivity contribution is 8.01. The molecule has 0 radical (unpaired) electrons. The van der Waals surface area contributed by atoms with E-state index < -0.39 is 0 Å². The number of nitrogen functional groups attached to an aromatic ring is 1.